The minimum atomic E-state index is 0.261. The normalized spacial score (nSPS) is 10.7. The SMILES string of the molecule is Nc1nncc2c(-c3ccccc3)nnc(N)c12. The van der Waals surface area contributed by atoms with Gasteiger partial charge >= 0.3 is 0 Å². The van der Waals surface area contributed by atoms with Crippen molar-refractivity contribution in [3.63, 3.8) is 0 Å². The highest BCUT2D eigenvalue weighted by atomic mass is 15.2. The minimum Gasteiger partial charge on any atom is -0.382 e. The maximum Gasteiger partial charge on any atom is 0.157 e. The first kappa shape index (κ1) is 10.4. The molecule has 0 amide bonds. The Morgan fingerprint density at radius 1 is 0.833 bits per heavy atom. The third-order valence-corrected chi connectivity index (χ3v) is 2.69. The van der Waals surface area contributed by atoms with Crippen LogP contribution in [-0.2, 0) is 0 Å². The number of benzene rings is 1. The van der Waals surface area contributed by atoms with Gasteiger partial charge in [0.05, 0.1) is 11.6 Å². The molecule has 0 fully saturated rings. The van der Waals surface area contributed by atoms with Gasteiger partial charge in [0.1, 0.15) is 5.69 Å². The minimum absolute atomic E-state index is 0.261. The molecular formula is C12H10N6. The quantitative estimate of drug-likeness (QED) is 0.661. The predicted molar refractivity (Wildman–Crippen MR) is 69.4 cm³/mol. The molecule has 0 spiro atoms. The second-order valence-electron chi connectivity index (χ2n) is 3.82. The zero-order chi connectivity index (χ0) is 12.5. The summed E-state index contributed by atoms with van der Waals surface area (Å²) >= 11 is 0. The summed E-state index contributed by atoms with van der Waals surface area (Å²) < 4.78 is 0. The molecular weight excluding hydrogens is 228 g/mol. The van der Waals surface area contributed by atoms with Crippen LogP contribution in [-0.4, -0.2) is 20.4 Å². The highest BCUT2D eigenvalue weighted by Crippen LogP contribution is 2.29. The van der Waals surface area contributed by atoms with Gasteiger partial charge in [-0.15, -0.1) is 15.3 Å². The van der Waals surface area contributed by atoms with E-state index in [1.54, 1.807) is 6.20 Å². The lowest BCUT2D eigenvalue weighted by Crippen LogP contribution is -2.02. The highest BCUT2D eigenvalue weighted by molar-refractivity contribution is 6.04. The largest absolute Gasteiger partial charge is 0.382 e. The average molecular weight is 238 g/mol. The number of nitrogens with zero attached hydrogens (tertiary/aromatic N) is 4. The van der Waals surface area contributed by atoms with E-state index in [-0.39, 0.29) is 11.6 Å². The van der Waals surface area contributed by atoms with Crippen molar-refractivity contribution in [3.05, 3.63) is 36.5 Å². The van der Waals surface area contributed by atoms with Gasteiger partial charge in [-0.3, -0.25) is 0 Å². The molecule has 0 radical (unpaired) electrons. The first-order valence-corrected chi connectivity index (χ1v) is 5.36. The van der Waals surface area contributed by atoms with Gasteiger partial charge in [0.25, 0.3) is 0 Å². The van der Waals surface area contributed by atoms with E-state index in [0.29, 0.717) is 11.1 Å². The van der Waals surface area contributed by atoms with Crippen LogP contribution in [0.2, 0.25) is 0 Å². The van der Waals surface area contributed by atoms with Gasteiger partial charge in [0, 0.05) is 10.9 Å². The van der Waals surface area contributed by atoms with Crippen LogP contribution in [0.3, 0.4) is 0 Å². The molecule has 0 aliphatic carbocycles. The number of anilines is 2. The van der Waals surface area contributed by atoms with E-state index < -0.39 is 0 Å². The molecule has 6 nitrogen and oxygen atoms in total. The van der Waals surface area contributed by atoms with Gasteiger partial charge in [-0.1, -0.05) is 30.3 Å². The van der Waals surface area contributed by atoms with Crippen molar-refractivity contribution in [3.8, 4) is 11.3 Å². The van der Waals surface area contributed by atoms with Crippen molar-refractivity contribution < 1.29 is 0 Å². The number of hydrogen-bond acceptors (Lipinski definition) is 6. The molecule has 1 aromatic carbocycles. The summed E-state index contributed by atoms with van der Waals surface area (Å²) in [4.78, 5) is 0. The van der Waals surface area contributed by atoms with Crippen LogP contribution in [0.15, 0.2) is 36.5 Å². The van der Waals surface area contributed by atoms with Crippen LogP contribution in [0.25, 0.3) is 22.0 Å². The molecule has 0 atom stereocenters. The zero-order valence-corrected chi connectivity index (χ0v) is 9.41. The number of hydrogen-bond donors (Lipinski definition) is 2. The van der Waals surface area contributed by atoms with Crippen molar-refractivity contribution in [1.82, 2.24) is 20.4 Å². The van der Waals surface area contributed by atoms with Gasteiger partial charge in [-0.05, 0) is 0 Å². The van der Waals surface area contributed by atoms with Gasteiger partial charge in [0.2, 0.25) is 0 Å². The molecule has 0 unspecified atom stereocenters. The number of rotatable bonds is 1. The Hall–Kier alpha value is -2.76. The van der Waals surface area contributed by atoms with E-state index in [4.69, 9.17) is 11.5 Å². The second-order valence-corrected chi connectivity index (χ2v) is 3.82. The molecule has 3 rings (SSSR count). The lowest BCUT2D eigenvalue weighted by Gasteiger charge is -2.07. The molecule has 2 aromatic heterocycles. The maximum atomic E-state index is 5.78. The van der Waals surface area contributed by atoms with E-state index in [1.807, 2.05) is 30.3 Å². The molecule has 0 bridgehead atoms. The molecule has 2 heterocycles. The fourth-order valence-corrected chi connectivity index (χ4v) is 1.87. The number of aromatic nitrogens is 4. The molecule has 6 heteroatoms. The number of nitrogens with two attached hydrogens (primary N) is 2. The summed E-state index contributed by atoms with van der Waals surface area (Å²) in [6.07, 6.45) is 1.60. The smallest absolute Gasteiger partial charge is 0.157 e. The van der Waals surface area contributed by atoms with Crippen molar-refractivity contribution in [2.24, 2.45) is 0 Å². The molecule has 0 saturated carbocycles. The number of fused-ring (bicyclic) bond motifs is 1. The summed E-state index contributed by atoms with van der Waals surface area (Å²) in [6.45, 7) is 0. The van der Waals surface area contributed by atoms with Crippen LogP contribution >= 0.6 is 0 Å². The van der Waals surface area contributed by atoms with Gasteiger partial charge in [-0.2, -0.15) is 5.10 Å². The lowest BCUT2D eigenvalue weighted by atomic mass is 10.1. The standard InChI is InChI=1S/C12H10N6/c13-11-9-8(6-15-17-11)10(16-18-12(9)14)7-4-2-1-3-5-7/h1-6H,(H2,13,17)(H2,14,18). The van der Waals surface area contributed by atoms with Crippen molar-refractivity contribution in [1.29, 1.82) is 0 Å². The van der Waals surface area contributed by atoms with Crippen LogP contribution in [0.1, 0.15) is 0 Å². The van der Waals surface area contributed by atoms with E-state index >= 15 is 0 Å². The monoisotopic (exact) mass is 238 g/mol. The van der Waals surface area contributed by atoms with E-state index in [2.05, 4.69) is 20.4 Å². The summed E-state index contributed by atoms with van der Waals surface area (Å²) in [6, 6.07) is 9.67. The third-order valence-electron chi connectivity index (χ3n) is 2.69. The molecule has 4 N–H and O–H groups in total. The summed E-state index contributed by atoms with van der Waals surface area (Å²) in [5.41, 5.74) is 13.2. The van der Waals surface area contributed by atoms with Gasteiger partial charge in [0.15, 0.2) is 11.6 Å². The Labute approximate surface area is 103 Å². The lowest BCUT2D eigenvalue weighted by molar-refractivity contribution is 1.03. The van der Waals surface area contributed by atoms with Crippen molar-refractivity contribution in [2.45, 2.75) is 0 Å². The summed E-state index contributed by atoms with van der Waals surface area (Å²) in [7, 11) is 0. The fraction of sp³-hybridized carbons (Fsp3) is 0. The Kier molecular flexibility index (Phi) is 2.26. The topological polar surface area (TPSA) is 104 Å². The van der Waals surface area contributed by atoms with Crippen LogP contribution in [0, 0.1) is 0 Å². The Bertz CT molecular complexity index is 702. The number of nitrogen functional groups attached to an aromatic ring is 2. The van der Waals surface area contributed by atoms with E-state index in [9.17, 15) is 0 Å². The average Bonchev–Trinajstić information content (AvgIpc) is 2.40. The molecule has 0 aliphatic heterocycles. The van der Waals surface area contributed by atoms with Crippen LogP contribution in [0.5, 0.6) is 0 Å². The van der Waals surface area contributed by atoms with E-state index in [1.165, 1.54) is 0 Å². The second kappa shape index (κ2) is 3.92. The third kappa shape index (κ3) is 1.51. The fourth-order valence-electron chi connectivity index (χ4n) is 1.87. The molecule has 18 heavy (non-hydrogen) atoms. The molecule has 0 saturated heterocycles. The van der Waals surface area contributed by atoms with Crippen LogP contribution in [0.4, 0.5) is 11.6 Å². The Balaban J connectivity index is 2.39. The molecule has 88 valence electrons. The summed E-state index contributed by atoms with van der Waals surface area (Å²) in [5.74, 6) is 0.522. The maximum absolute atomic E-state index is 5.78. The van der Waals surface area contributed by atoms with Gasteiger partial charge < -0.3 is 11.5 Å². The molecule has 3 aromatic rings. The molecule has 0 aliphatic rings. The zero-order valence-electron chi connectivity index (χ0n) is 9.41. The first-order valence-electron chi connectivity index (χ1n) is 5.36. The van der Waals surface area contributed by atoms with Crippen molar-refractivity contribution >= 4 is 22.4 Å². The predicted octanol–water partition coefficient (Wildman–Crippen LogP) is 1.25. The van der Waals surface area contributed by atoms with E-state index in [0.717, 1.165) is 10.9 Å². The Morgan fingerprint density at radius 2 is 1.56 bits per heavy atom. The van der Waals surface area contributed by atoms with Crippen molar-refractivity contribution in [2.75, 3.05) is 11.5 Å². The highest BCUT2D eigenvalue weighted by Gasteiger charge is 2.12. The van der Waals surface area contributed by atoms with Crippen LogP contribution < -0.4 is 11.5 Å². The summed E-state index contributed by atoms with van der Waals surface area (Å²) in [5, 5.41) is 17.0. The Morgan fingerprint density at radius 3 is 2.33 bits per heavy atom. The first-order chi connectivity index (χ1) is 8.77. The van der Waals surface area contributed by atoms with Gasteiger partial charge in [-0.25, -0.2) is 0 Å².